The smallest absolute Gasteiger partial charge is 0.0940 e. The van der Waals surface area contributed by atoms with E-state index in [0.29, 0.717) is 10.0 Å². The van der Waals surface area contributed by atoms with E-state index in [1.54, 1.807) is 7.11 Å². The van der Waals surface area contributed by atoms with Crippen molar-refractivity contribution in [2.24, 2.45) is 0 Å². The summed E-state index contributed by atoms with van der Waals surface area (Å²) in [7, 11) is 1.77. The van der Waals surface area contributed by atoms with Gasteiger partial charge in [0.2, 0.25) is 0 Å². The Morgan fingerprint density at radius 1 is 1.17 bits per heavy atom. The highest BCUT2D eigenvalue weighted by Crippen LogP contribution is 2.37. The quantitative estimate of drug-likeness (QED) is 0.890. The summed E-state index contributed by atoms with van der Waals surface area (Å²) in [4.78, 5) is 0. The van der Waals surface area contributed by atoms with Crippen LogP contribution in [0, 0.1) is 0 Å². The topological polar surface area (TPSA) is 21.3 Å². The number of hydrogen-bond acceptors (Lipinski definition) is 2. The van der Waals surface area contributed by atoms with Gasteiger partial charge in [0.05, 0.1) is 15.6 Å². The predicted octanol–water partition coefficient (Wildman–Crippen LogP) is 4.03. The Morgan fingerprint density at radius 2 is 1.94 bits per heavy atom. The molecule has 2 rings (SSSR count). The number of benzene rings is 1. The lowest BCUT2D eigenvalue weighted by Crippen LogP contribution is -2.29. The first kappa shape index (κ1) is 16.1. The Kier molecular flexibility index (Phi) is 6.22. The average Bonchev–Trinajstić information content (AvgIpc) is 2.59. The summed E-state index contributed by atoms with van der Waals surface area (Å²) >= 11 is 12.0. The van der Waals surface area contributed by atoms with Crippen LogP contribution in [0.3, 0.4) is 0 Å². The third-order valence-electron chi connectivity index (χ3n) is 3.48. The van der Waals surface area contributed by atoms with E-state index in [4.69, 9.17) is 27.9 Å². The van der Waals surface area contributed by atoms with Crippen molar-refractivity contribution in [2.45, 2.75) is 24.9 Å². The number of hydrogen-bond donors (Lipinski definition) is 1. The lowest BCUT2D eigenvalue weighted by Gasteiger charge is -2.32. The van der Waals surface area contributed by atoms with Gasteiger partial charge in [0, 0.05) is 7.11 Å². The maximum absolute atomic E-state index is 6.09. The van der Waals surface area contributed by atoms with Crippen molar-refractivity contribution in [3.05, 3.63) is 33.8 Å². The molecule has 1 N–H and O–H groups in total. The molecule has 0 spiro atoms. The number of methoxy groups -OCH3 is 1. The summed E-state index contributed by atoms with van der Waals surface area (Å²) in [6, 6.07) is 5.79. The van der Waals surface area contributed by atoms with E-state index in [0.717, 1.165) is 37.9 Å². The highest BCUT2D eigenvalue weighted by Gasteiger charge is 2.32. The molecule has 0 saturated carbocycles. The molecular formula is C13H18Cl3NO. The van der Waals surface area contributed by atoms with Crippen molar-refractivity contribution in [1.29, 1.82) is 0 Å². The molecule has 1 heterocycles. The van der Waals surface area contributed by atoms with Crippen molar-refractivity contribution in [2.75, 3.05) is 20.2 Å². The van der Waals surface area contributed by atoms with E-state index in [2.05, 4.69) is 5.32 Å². The van der Waals surface area contributed by atoms with Crippen molar-refractivity contribution in [3.63, 3.8) is 0 Å². The summed E-state index contributed by atoms with van der Waals surface area (Å²) in [5.41, 5.74) is 0.899. The van der Waals surface area contributed by atoms with Crippen molar-refractivity contribution < 1.29 is 4.74 Å². The van der Waals surface area contributed by atoms with E-state index in [9.17, 15) is 0 Å². The highest BCUT2D eigenvalue weighted by atomic mass is 35.5. The molecule has 1 aliphatic heterocycles. The second kappa shape index (κ2) is 6.97. The van der Waals surface area contributed by atoms with Crippen LogP contribution in [-0.4, -0.2) is 20.2 Å². The number of nitrogens with one attached hydrogen (secondary N) is 1. The van der Waals surface area contributed by atoms with E-state index in [-0.39, 0.29) is 18.0 Å². The van der Waals surface area contributed by atoms with Gasteiger partial charge in [-0.25, -0.2) is 0 Å². The van der Waals surface area contributed by atoms with E-state index in [1.807, 2.05) is 18.2 Å². The molecule has 102 valence electrons. The van der Waals surface area contributed by atoms with Crippen LogP contribution in [0.15, 0.2) is 18.2 Å². The molecule has 1 fully saturated rings. The maximum atomic E-state index is 6.09. The second-order valence-electron chi connectivity index (χ2n) is 4.43. The van der Waals surface area contributed by atoms with Crippen LogP contribution in [0.5, 0.6) is 0 Å². The van der Waals surface area contributed by atoms with Crippen LogP contribution in [-0.2, 0) is 10.3 Å². The number of ether oxygens (including phenoxy) is 1. The average molecular weight is 311 g/mol. The minimum atomic E-state index is -0.224. The molecule has 1 aromatic rings. The number of rotatable bonds is 2. The van der Waals surface area contributed by atoms with Crippen molar-refractivity contribution in [1.82, 2.24) is 5.32 Å². The summed E-state index contributed by atoms with van der Waals surface area (Å²) in [6.45, 7) is 2.01. The molecule has 0 aliphatic carbocycles. The Hall–Kier alpha value is 0.01000. The van der Waals surface area contributed by atoms with Crippen LogP contribution in [0.4, 0.5) is 0 Å². The van der Waals surface area contributed by atoms with Gasteiger partial charge in [0.25, 0.3) is 0 Å². The second-order valence-corrected chi connectivity index (χ2v) is 5.25. The Balaban J connectivity index is 0.00000162. The zero-order valence-electron chi connectivity index (χ0n) is 10.3. The fraction of sp³-hybridized carbons (Fsp3) is 0.538. The third kappa shape index (κ3) is 3.31. The molecule has 2 nitrogen and oxygen atoms in total. The molecule has 1 saturated heterocycles. The van der Waals surface area contributed by atoms with Gasteiger partial charge in [0.1, 0.15) is 0 Å². The molecule has 1 atom stereocenters. The number of halogens is 3. The fourth-order valence-electron chi connectivity index (χ4n) is 2.43. The van der Waals surface area contributed by atoms with Gasteiger partial charge >= 0.3 is 0 Å². The SMILES string of the molecule is COC1(c2ccc(Cl)c(Cl)c2)CCCNCC1.Cl. The standard InChI is InChI=1S/C13H17Cl2NO.ClH/c1-17-13(5-2-7-16-8-6-13)10-3-4-11(14)12(15)9-10;/h3-4,9,16H,2,5-8H2,1H3;1H. The zero-order chi connectivity index (χ0) is 12.3. The van der Waals surface area contributed by atoms with Gasteiger partial charge < -0.3 is 10.1 Å². The lowest BCUT2D eigenvalue weighted by atomic mass is 9.86. The molecule has 0 bridgehead atoms. The van der Waals surface area contributed by atoms with Crippen LogP contribution >= 0.6 is 35.6 Å². The van der Waals surface area contributed by atoms with Gasteiger partial charge in [-0.1, -0.05) is 29.3 Å². The molecule has 0 amide bonds. The Bertz CT molecular complexity index is 390. The summed E-state index contributed by atoms with van der Waals surface area (Å²) < 4.78 is 5.80. The van der Waals surface area contributed by atoms with E-state index in [1.165, 1.54) is 0 Å². The first-order chi connectivity index (χ1) is 8.18. The lowest BCUT2D eigenvalue weighted by molar-refractivity contribution is -0.0251. The van der Waals surface area contributed by atoms with Gasteiger partial charge in [-0.2, -0.15) is 0 Å². The predicted molar refractivity (Wildman–Crippen MR) is 79.1 cm³/mol. The van der Waals surface area contributed by atoms with Gasteiger partial charge in [-0.05, 0) is 50.0 Å². The molecule has 1 unspecified atom stereocenters. The van der Waals surface area contributed by atoms with Crippen molar-refractivity contribution >= 4 is 35.6 Å². The van der Waals surface area contributed by atoms with Gasteiger partial charge in [-0.3, -0.25) is 0 Å². The van der Waals surface area contributed by atoms with Crippen LogP contribution in [0.1, 0.15) is 24.8 Å². The minimum Gasteiger partial charge on any atom is -0.373 e. The van der Waals surface area contributed by atoms with E-state index < -0.39 is 0 Å². The van der Waals surface area contributed by atoms with Crippen LogP contribution < -0.4 is 5.32 Å². The van der Waals surface area contributed by atoms with Gasteiger partial charge in [-0.15, -0.1) is 12.4 Å². The molecule has 0 aromatic heterocycles. The molecule has 1 aliphatic rings. The molecule has 0 radical (unpaired) electrons. The van der Waals surface area contributed by atoms with E-state index >= 15 is 0 Å². The Labute approximate surface area is 124 Å². The van der Waals surface area contributed by atoms with Gasteiger partial charge in [0.15, 0.2) is 0 Å². The molecule has 5 heteroatoms. The largest absolute Gasteiger partial charge is 0.373 e. The Morgan fingerprint density at radius 3 is 2.61 bits per heavy atom. The van der Waals surface area contributed by atoms with Crippen LogP contribution in [0.25, 0.3) is 0 Å². The normalized spacial score (nSPS) is 24.2. The molecule has 18 heavy (non-hydrogen) atoms. The zero-order valence-corrected chi connectivity index (χ0v) is 12.7. The monoisotopic (exact) mass is 309 g/mol. The highest BCUT2D eigenvalue weighted by molar-refractivity contribution is 6.42. The van der Waals surface area contributed by atoms with Crippen LogP contribution in [0.2, 0.25) is 10.0 Å². The summed E-state index contributed by atoms with van der Waals surface area (Å²) in [6.07, 6.45) is 3.07. The first-order valence-corrected chi connectivity index (χ1v) is 6.65. The molecular weight excluding hydrogens is 293 g/mol. The summed E-state index contributed by atoms with van der Waals surface area (Å²) in [5, 5.41) is 4.58. The minimum absolute atomic E-state index is 0. The third-order valence-corrected chi connectivity index (χ3v) is 4.22. The van der Waals surface area contributed by atoms with Crippen molar-refractivity contribution in [3.8, 4) is 0 Å². The fourth-order valence-corrected chi connectivity index (χ4v) is 2.73. The summed E-state index contributed by atoms with van der Waals surface area (Å²) in [5.74, 6) is 0. The molecule has 1 aromatic carbocycles. The maximum Gasteiger partial charge on any atom is 0.0940 e. The first-order valence-electron chi connectivity index (χ1n) is 5.89.